The Balaban J connectivity index is 1.81. The Morgan fingerprint density at radius 2 is 2.04 bits per heavy atom. The number of benzene rings is 1. The maximum absolute atomic E-state index is 10.9. The summed E-state index contributed by atoms with van der Waals surface area (Å²) in [5.41, 5.74) is 3.70. The van der Waals surface area contributed by atoms with Crippen LogP contribution in [0.4, 0.5) is 5.69 Å². The highest BCUT2D eigenvalue weighted by Crippen LogP contribution is 2.42. The Labute approximate surface area is 142 Å². The lowest BCUT2D eigenvalue weighted by Crippen LogP contribution is -2.31. The standard InChI is InChI=1S/C19H25NO4/c1-14-19(2,10-5-8-17(21)22)15-6-3-4-7-16(15)20(14)11-9-18-23-12-13-24-18/h3-4,6-7,18H,5,8-13H2,1-2H3/p+1. The maximum Gasteiger partial charge on any atom is 0.303 e. The number of hydrogen-bond acceptors (Lipinski definition) is 3. The third-order valence-corrected chi connectivity index (χ3v) is 5.34. The summed E-state index contributed by atoms with van der Waals surface area (Å²) in [6, 6.07) is 8.44. The molecule has 0 aromatic heterocycles. The van der Waals surface area contributed by atoms with E-state index in [0.29, 0.717) is 19.6 Å². The van der Waals surface area contributed by atoms with Gasteiger partial charge in [0.15, 0.2) is 18.5 Å². The first kappa shape index (κ1) is 17.1. The largest absolute Gasteiger partial charge is 0.481 e. The van der Waals surface area contributed by atoms with Gasteiger partial charge in [-0.2, -0.15) is 4.58 Å². The molecular weight excluding hydrogens is 306 g/mol. The molecule has 0 bridgehead atoms. The van der Waals surface area contributed by atoms with E-state index in [1.54, 1.807) is 0 Å². The maximum atomic E-state index is 10.9. The van der Waals surface area contributed by atoms with Gasteiger partial charge in [-0.3, -0.25) is 4.79 Å². The lowest BCUT2D eigenvalue weighted by molar-refractivity contribution is -0.443. The molecule has 130 valence electrons. The second-order valence-electron chi connectivity index (χ2n) is 6.79. The number of fused-ring (bicyclic) bond motifs is 1. The Kier molecular flexibility index (Phi) is 5.01. The van der Waals surface area contributed by atoms with E-state index < -0.39 is 5.97 Å². The minimum absolute atomic E-state index is 0.108. The average Bonchev–Trinajstić information content (AvgIpc) is 3.14. The van der Waals surface area contributed by atoms with Crippen molar-refractivity contribution in [3.05, 3.63) is 29.8 Å². The van der Waals surface area contributed by atoms with Crippen LogP contribution in [-0.2, 0) is 19.7 Å². The average molecular weight is 332 g/mol. The summed E-state index contributed by atoms with van der Waals surface area (Å²) in [6.45, 7) is 6.60. The molecule has 0 spiro atoms. The van der Waals surface area contributed by atoms with Gasteiger partial charge in [-0.15, -0.1) is 0 Å². The van der Waals surface area contributed by atoms with E-state index in [1.165, 1.54) is 17.0 Å². The van der Waals surface area contributed by atoms with Crippen LogP contribution in [0.3, 0.4) is 0 Å². The number of carboxylic acids is 1. The van der Waals surface area contributed by atoms with Crippen molar-refractivity contribution in [1.29, 1.82) is 0 Å². The van der Waals surface area contributed by atoms with Gasteiger partial charge < -0.3 is 14.6 Å². The van der Waals surface area contributed by atoms with Gasteiger partial charge >= 0.3 is 5.97 Å². The van der Waals surface area contributed by atoms with E-state index >= 15 is 0 Å². The third-order valence-electron chi connectivity index (χ3n) is 5.34. The fourth-order valence-electron chi connectivity index (χ4n) is 3.85. The van der Waals surface area contributed by atoms with Crippen molar-refractivity contribution >= 4 is 17.4 Å². The SMILES string of the molecule is CC1=[N+](CCC2OCCO2)c2ccccc2C1(C)CCCC(=O)O. The second-order valence-corrected chi connectivity index (χ2v) is 6.79. The van der Waals surface area contributed by atoms with Gasteiger partial charge in [0, 0.05) is 25.0 Å². The van der Waals surface area contributed by atoms with Crippen molar-refractivity contribution in [3.63, 3.8) is 0 Å². The summed E-state index contributed by atoms with van der Waals surface area (Å²) in [5.74, 6) is -0.727. The summed E-state index contributed by atoms with van der Waals surface area (Å²) in [6.07, 6.45) is 2.46. The second kappa shape index (κ2) is 7.03. The Morgan fingerprint density at radius 1 is 1.33 bits per heavy atom. The molecule has 5 nitrogen and oxygen atoms in total. The predicted octanol–water partition coefficient (Wildman–Crippen LogP) is 3.08. The van der Waals surface area contributed by atoms with Gasteiger partial charge in [0.25, 0.3) is 0 Å². The lowest BCUT2D eigenvalue weighted by Gasteiger charge is -2.21. The van der Waals surface area contributed by atoms with E-state index in [9.17, 15) is 4.79 Å². The quantitative estimate of drug-likeness (QED) is 0.780. The van der Waals surface area contributed by atoms with Crippen LogP contribution in [-0.4, -0.2) is 47.4 Å². The molecule has 2 heterocycles. The minimum atomic E-state index is -0.727. The Bertz CT molecular complexity index is 649. The van der Waals surface area contributed by atoms with Gasteiger partial charge in [-0.1, -0.05) is 18.2 Å². The van der Waals surface area contributed by atoms with Gasteiger partial charge in [-0.25, -0.2) is 0 Å². The first-order valence-corrected chi connectivity index (χ1v) is 8.68. The number of carbonyl (C=O) groups is 1. The van der Waals surface area contributed by atoms with Crippen molar-refractivity contribution in [2.75, 3.05) is 19.8 Å². The predicted molar refractivity (Wildman–Crippen MR) is 91.1 cm³/mol. The van der Waals surface area contributed by atoms with Gasteiger partial charge in [0.2, 0.25) is 5.69 Å². The molecule has 5 heteroatoms. The van der Waals surface area contributed by atoms with E-state index in [-0.39, 0.29) is 18.1 Å². The Hall–Kier alpha value is -1.72. The molecule has 3 rings (SSSR count). The molecule has 1 unspecified atom stereocenters. The summed E-state index contributed by atoms with van der Waals surface area (Å²) < 4.78 is 13.5. The first-order chi connectivity index (χ1) is 11.5. The molecule has 1 N–H and O–H groups in total. The molecule has 0 amide bonds. The van der Waals surface area contributed by atoms with E-state index in [0.717, 1.165) is 19.4 Å². The molecule has 1 saturated heterocycles. The summed E-state index contributed by atoms with van der Waals surface area (Å²) >= 11 is 0. The van der Waals surface area contributed by atoms with Crippen LogP contribution in [0.1, 0.15) is 45.1 Å². The van der Waals surface area contributed by atoms with Gasteiger partial charge in [0.05, 0.1) is 25.0 Å². The number of aliphatic carboxylic acids is 1. The third kappa shape index (κ3) is 3.23. The van der Waals surface area contributed by atoms with Gasteiger partial charge in [-0.05, 0) is 19.8 Å². The number of para-hydroxylation sites is 1. The monoisotopic (exact) mass is 332 g/mol. The number of carboxylic acid groups (broad SMARTS) is 1. The number of hydrogen-bond donors (Lipinski definition) is 1. The lowest BCUT2D eigenvalue weighted by atomic mass is 9.76. The molecule has 0 saturated carbocycles. The first-order valence-electron chi connectivity index (χ1n) is 8.68. The summed E-state index contributed by atoms with van der Waals surface area (Å²) in [4.78, 5) is 10.9. The molecule has 1 aromatic rings. The van der Waals surface area contributed by atoms with Crippen molar-refractivity contribution in [1.82, 2.24) is 0 Å². The molecule has 2 aliphatic heterocycles. The fraction of sp³-hybridized carbons (Fsp3) is 0.579. The van der Waals surface area contributed by atoms with Crippen LogP contribution in [0.5, 0.6) is 0 Å². The normalized spacial score (nSPS) is 23.8. The van der Waals surface area contributed by atoms with Crippen LogP contribution in [0, 0.1) is 0 Å². The topological polar surface area (TPSA) is 58.8 Å². The van der Waals surface area contributed by atoms with E-state index in [1.807, 2.05) is 0 Å². The smallest absolute Gasteiger partial charge is 0.303 e. The molecule has 24 heavy (non-hydrogen) atoms. The molecule has 1 fully saturated rings. The van der Waals surface area contributed by atoms with Crippen molar-refractivity contribution < 1.29 is 24.0 Å². The number of nitrogens with zero attached hydrogens (tertiary/aromatic N) is 1. The highest BCUT2D eigenvalue weighted by molar-refractivity contribution is 5.93. The summed E-state index contributed by atoms with van der Waals surface area (Å²) in [5, 5.41) is 8.94. The van der Waals surface area contributed by atoms with E-state index in [4.69, 9.17) is 14.6 Å². The molecule has 0 aliphatic carbocycles. The molecule has 1 aromatic carbocycles. The minimum Gasteiger partial charge on any atom is -0.481 e. The highest BCUT2D eigenvalue weighted by Gasteiger charge is 2.45. The number of ether oxygens (including phenoxy) is 2. The van der Waals surface area contributed by atoms with Crippen molar-refractivity contribution in [2.45, 2.75) is 51.2 Å². The zero-order chi connectivity index (χ0) is 17.2. The molecular formula is C19H26NO4+. The van der Waals surface area contributed by atoms with Crippen LogP contribution in [0.15, 0.2) is 24.3 Å². The number of rotatable bonds is 7. The van der Waals surface area contributed by atoms with Crippen LogP contribution in [0.25, 0.3) is 0 Å². The zero-order valence-electron chi connectivity index (χ0n) is 14.5. The fourth-order valence-corrected chi connectivity index (χ4v) is 3.85. The van der Waals surface area contributed by atoms with Crippen LogP contribution < -0.4 is 0 Å². The van der Waals surface area contributed by atoms with Crippen LogP contribution >= 0.6 is 0 Å². The summed E-state index contributed by atoms with van der Waals surface area (Å²) in [7, 11) is 0. The van der Waals surface area contributed by atoms with E-state index in [2.05, 4.69) is 42.7 Å². The van der Waals surface area contributed by atoms with Crippen molar-refractivity contribution in [3.8, 4) is 0 Å². The highest BCUT2D eigenvalue weighted by atomic mass is 16.7. The molecule has 0 radical (unpaired) electrons. The molecule has 1 atom stereocenters. The Morgan fingerprint density at radius 3 is 2.75 bits per heavy atom. The van der Waals surface area contributed by atoms with Gasteiger partial charge in [0.1, 0.15) is 0 Å². The molecule has 2 aliphatic rings. The zero-order valence-corrected chi connectivity index (χ0v) is 14.5. The van der Waals surface area contributed by atoms with Crippen LogP contribution in [0.2, 0.25) is 0 Å². The van der Waals surface area contributed by atoms with Crippen molar-refractivity contribution in [2.24, 2.45) is 0 Å².